The summed E-state index contributed by atoms with van der Waals surface area (Å²) >= 11 is 1.49. The summed E-state index contributed by atoms with van der Waals surface area (Å²) in [6, 6.07) is 10.1. The molecule has 1 N–H and O–H groups in total. The molecule has 1 fully saturated rings. The molecule has 1 aliphatic carbocycles. The average Bonchev–Trinajstić information content (AvgIpc) is 2.95. The van der Waals surface area contributed by atoms with E-state index in [9.17, 15) is 4.79 Å². The van der Waals surface area contributed by atoms with Gasteiger partial charge in [0.15, 0.2) is 5.17 Å². The van der Waals surface area contributed by atoms with Gasteiger partial charge in [0.2, 0.25) is 0 Å². The molecule has 0 bridgehead atoms. The molecule has 0 unspecified atom stereocenters. The molecule has 0 saturated heterocycles. The molecule has 16 heavy (non-hydrogen) atoms. The number of amidine groups is 1. The van der Waals surface area contributed by atoms with E-state index in [-0.39, 0.29) is 11.8 Å². The highest BCUT2D eigenvalue weighted by atomic mass is 32.2. The normalized spacial score (nSPS) is 31.4. The van der Waals surface area contributed by atoms with Crippen LogP contribution in [-0.4, -0.2) is 22.9 Å². The highest BCUT2D eigenvalue weighted by molar-refractivity contribution is 8.13. The molecule has 1 aliphatic heterocycles. The monoisotopic (exact) mass is 232 g/mol. The summed E-state index contributed by atoms with van der Waals surface area (Å²) in [5, 5.41) is 3.58. The molecule has 0 aromatic heterocycles. The minimum atomic E-state index is -0.486. The quantitative estimate of drug-likeness (QED) is 0.801. The van der Waals surface area contributed by atoms with E-state index < -0.39 is 5.54 Å². The van der Waals surface area contributed by atoms with Gasteiger partial charge in [-0.1, -0.05) is 42.1 Å². The van der Waals surface area contributed by atoms with Crippen molar-refractivity contribution in [1.29, 1.82) is 0 Å². The van der Waals surface area contributed by atoms with Crippen molar-refractivity contribution in [1.82, 2.24) is 5.32 Å². The molecule has 82 valence electrons. The third-order valence-corrected chi connectivity index (χ3v) is 3.82. The second-order valence-corrected chi connectivity index (χ2v) is 4.96. The Morgan fingerprint density at radius 2 is 2.19 bits per heavy atom. The van der Waals surface area contributed by atoms with Gasteiger partial charge in [-0.25, -0.2) is 4.99 Å². The first-order valence-electron chi connectivity index (χ1n) is 5.26. The number of thioether (sulfide) groups is 1. The second kappa shape index (κ2) is 3.35. The van der Waals surface area contributed by atoms with Crippen molar-refractivity contribution in [2.45, 2.75) is 17.9 Å². The Morgan fingerprint density at radius 3 is 2.81 bits per heavy atom. The van der Waals surface area contributed by atoms with Crippen molar-refractivity contribution < 1.29 is 4.79 Å². The number of nitrogens with one attached hydrogen (secondary N) is 1. The van der Waals surface area contributed by atoms with E-state index in [2.05, 4.69) is 22.4 Å². The lowest BCUT2D eigenvalue weighted by Gasteiger charge is -2.03. The van der Waals surface area contributed by atoms with Crippen molar-refractivity contribution in [2.24, 2.45) is 4.99 Å². The van der Waals surface area contributed by atoms with E-state index in [0.717, 1.165) is 11.6 Å². The van der Waals surface area contributed by atoms with Crippen molar-refractivity contribution >= 4 is 22.8 Å². The molecule has 0 radical (unpaired) electrons. The number of amides is 1. The first-order chi connectivity index (χ1) is 7.76. The third-order valence-electron chi connectivity index (χ3n) is 3.24. The Morgan fingerprint density at radius 1 is 1.44 bits per heavy atom. The Balaban J connectivity index is 1.90. The maximum atomic E-state index is 11.9. The standard InChI is InChI=1S/C12H12N2OS/c1-16-11-13-10(15)12(14-11)7-9(12)8-5-3-2-4-6-8/h2-6,9H,7H2,1H3,(H,13,14,15)/t9-,12-/m1/s1. The smallest absolute Gasteiger partial charge is 0.254 e. The Bertz CT molecular complexity index is 471. The van der Waals surface area contributed by atoms with Gasteiger partial charge in [-0.15, -0.1) is 0 Å². The molecular formula is C12H12N2OS. The summed E-state index contributed by atoms with van der Waals surface area (Å²) in [6.45, 7) is 0. The molecule has 3 rings (SSSR count). The van der Waals surface area contributed by atoms with Crippen molar-refractivity contribution in [2.75, 3.05) is 6.26 Å². The Hall–Kier alpha value is -1.29. The maximum Gasteiger partial charge on any atom is 0.254 e. The fourth-order valence-electron chi connectivity index (χ4n) is 2.27. The number of hydrogen-bond donors (Lipinski definition) is 1. The van der Waals surface area contributed by atoms with Crippen LogP contribution in [0.5, 0.6) is 0 Å². The highest BCUT2D eigenvalue weighted by Crippen LogP contribution is 2.56. The topological polar surface area (TPSA) is 41.5 Å². The SMILES string of the molecule is CSC1=N[C@@]2(C[C@@H]2c2ccccc2)C(=O)N1. The van der Waals surface area contributed by atoms with Gasteiger partial charge in [0.1, 0.15) is 5.54 Å². The van der Waals surface area contributed by atoms with Gasteiger partial charge in [-0.3, -0.25) is 4.79 Å². The fourth-order valence-corrected chi connectivity index (χ4v) is 2.72. The molecular weight excluding hydrogens is 220 g/mol. The minimum Gasteiger partial charge on any atom is -0.303 e. The van der Waals surface area contributed by atoms with E-state index in [0.29, 0.717) is 0 Å². The summed E-state index contributed by atoms with van der Waals surface area (Å²) < 4.78 is 0. The number of rotatable bonds is 1. The summed E-state index contributed by atoms with van der Waals surface area (Å²) in [7, 11) is 0. The largest absolute Gasteiger partial charge is 0.303 e. The average molecular weight is 232 g/mol. The number of carbonyl (C=O) groups excluding carboxylic acids is 1. The van der Waals surface area contributed by atoms with E-state index in [1.54, 1.807) is 0 Å². The first kappa shape index (κ1) is 9.90. The van der Waals surface area contributed by atoms with Crippen LogP contribution < -0.4 is 5.32 Å². The van der Waals surface area contributed by atoms with Crippen LogP contribution in [-0.2, 0) is 4.79 Å². The third kappa shape index (κ3) is 1.29. The van der Waals surface area contributed by atoms with Crippen molar-refractivity contribution in [3.8, 4) is 0 Å². The zero-order valence-corrected chi connectivity index (χ0v) is 9.75. The molecule has 1 aromatic carbocycles. The van der Waals surface area contributed by atoms with Gasteiger partial charge in [0.05, 0.1) is 0 Å². The zero-order chi connectivity index (χ0) is 11.2. The Kier molecular flexibility index (Phi) is 2.07. The molecule has 1 spiro atoms. The fraction of sp³-hybridized carbons (Fsp3) is 0.333. The molecule has 1 saturated carbocycles. The van der Waals surface area contributed by atoms with Gasteiger partial charge >= 0.3 is 0 Å². The number of aliphatic imine (C=N–C) groups is 1. The summed E-state index contributed by atoms with van der Waals surface area (Å²) in [5.41, 5.74) is 0.725. The number of nitrogens with zero attached hydrogens (tertiary/aromatic N) is 1. The van der Waals surface area contributed by atoms with E-state index >= 15 is 0 Å². The van der Waals surface area contributed by atoms with Crippen LogP contribution in [0, 0.1) is 0 Å². The molecule has 1 amide bonds. The molecule has 1 aromatic rings. The van der Waals surface area contributed by atoms with Gasteiger partial charge in [-0.05, 0) is 18.2 Å². The molecule has 3 nitrogen and oxygen atoms in total. The number of hydrogen-bond acceptors (Lipinski definition) is 3. The number of carbonyl (C=O) groups is 1. The first-order valence-corrected chi connectivity index (χ1v) is 6.49. The molecule has 2 atom stereocenters. The molecule has 2 aliphatic rings. The van der Waals surface area contributed by atoms with Crippen LogP contribution >= 0.6 is 11.8 Å². The van der Waals surface area contributed by atoms with Crippen LogP contribution in [0.25, 0.3) is 0 Å². The maximum absolute atomic E-state index is 11.9. The van der Waals surface area contributed by atoms with Crippen molar-refractivity contribution in [3.05, 3.63) is 35.9 Å². The molecule has 1 heterocycles. The molecule has 4 heteroatoms. The van der Waals surface area contributed by atoms with Crippen LogP contribution in [0.2, 0.25) is 0 Å². The van der Waals surface area contributed by atoms with E-state index in [1.807, 2.05) is 24.5 Å². The summed E-state index contributed by atoms with van der Waals surface area (Å²) in [6.07, 6.45) is 2.77. The van der Waals surface area contributed by atoms with Gasteiger partial charge in [0, 0.05) is 5.92 Å². The summed E-state index contributed by atoms with van der Waals surface area (Å²) in [5.74, 6) is 0.323. The predicted octanol–water partition coefficient (Wildman–Crippen LogP) is 1.76. The van der Waals surface area contributed by atoms with E-state index in [4.69, 9.17) is 0 Å². The second-order valence-electron chi connectivity index (χ2n) is 4.17. The highest BCUT2D eigenvalue weighted by Gasteiger charge is 2.63. The lowest BCUT2D eigenvalue weighted by Crippen LogP contribution is -2.29. The Labute approximate surface area is 98.3 Å². The zero-order valence-electron chi connectivity index (χ0n) is 8.93. The number of benzene rings is 1. The van der Waals surface area contributed by atoms with Crippen LogP contribution in [0.15, 0.2) is 35.3 Å². The van der Waals surface area contributed by atoms with Crippen molar-refractivity contribution in [3.63, 3.8) is 0 Å². The van der Waals surface area contributed by atoms with Gasteiger partial charge < -0.3 is 5.32 Å². The van der Waals surface area contributed by atoms with Crippen LogP contribution in [0.3, 0.4) is 0 Å². The lowest BCUT2D eigenvalue weighted by atomic mass is 10.1. The lowest BCUT2D eigenvalue weighted by molar-refractivity contribution is -0.121. The predicted molar refractivity (Wildman–Crippen MR) is 65.6 cm³/mol. The van der Waals surface area contributed by atoms with Crippen LogP contribution in [0.1, 0.15) is 17.9 Å². The minimum absolute atomic E-state index is 0.0608. The van der Waals surface area contributed by atoms with Gasteiger partial charge in [0.25, 0.3) is 5.91 Å². The van der Waals surface area contributed by atoms with Crippen LogP contribution in [0.4, 0.5) is 0 Å². The van der Waals surface area contributed by atoms with Gasteiger partial charge in [-0.2, -0.15) is 0 Å². The summed E-state index contributed by atoms with van der Waals surface area (Å²) in [4.78, 5) is 16.4. The van der Waals surface area contributed by atoms with E-state index in [1.165, 1.54) is 17.3 Å².